The maximum absolute atomic E-state index is 2.48. The number of nitrogens with zero attached hydrogens (tertiary/aromatic N) is 1. The van der Waals surface area contributed by atoms with Crippen molar-refractivity contribution >= 4 is 17.1 Å². The van der Waals surface area contributed by atoms with Crippen LogP contribution in [0.15, 0.2) is 200 Å². The molecule has 1 heteroatoms. The van der Waals surface area contributed by atoms with E-state index >= 15 is 0 Å². The van der Waals surface area contributed by atoms with Crippen LogP contribution in [0.1, 0.15) is 25.0 Å². The van der Waals surface area contributed by atoms with Crippen LogP contribution >= 0.6 is 0 Å². The van der Waals surface area contributed by atoms with Gasteiger partial charge in [0.1, 0.15) is 0 Å². The summed E-state index contributed by atoms with van der Waals surface area (Å²) in [5.74, 6) is 0. The van der Waals surface area contributed by atoms with Crippen molar-refractivity contribution in [2.24, 2.45) is 0 Å². The first kappa shape index (κ1) is 31.5. The van der Waals surface area contributed by atoms with Gasteiger partial charge in [-0.25, -0.2) is 0 Å². The zero-order valence-electron chi connectivity index (χ0n) is 29.5. The molecule has 0 saturated heterocycles. The summed E-state index contributed by atoms with van der Waals surface area (Å²) in [6.07, 6.45) is 0. The molecule has 9 rings (SSSR count). The van der Waals surface area contributed by atoms with Crippen LogP contribution in [0.5, 0.6) is 0 Å². The Hall–Kier alpha value is -6.44. The van der Waals surface area contributed by atoms with Gasteiger partial charge in [0.2, 0.25) is 0 Å². The minimum Gasteiger partial charge on any atom is -0.309 e. The van der Waals surface area contributed by atoms with Crippen LogP contribution in [0, 0.1) is 0 Å². The van der Waals surface area contributed by atoms with Crippen molar-refractivity contribution < 1.29 is 0 Å². The van der Waals surface area contributed by atoms with E-state index in [1.165, 1.54) is 66.8 Å². The molecule has 0 aliphatic heterocycles. The van der Waals surface area contributed by atoms with Gasteiger partial charge in [-0.15, -0.1) is 0 Å². The zero-order valence-corrected chi connectivity index (χ0v) is 29.5. The molecule has 0 unspecified atom stereocenters. The zero-order chi connectivity index (χ0) is 35.1. The van der Waals surface area contributed by atoms with Gasteiger partial charge in [-0.1, -0.05) is 190 Å². The maximum atomic E-state index is 2.48. The first-order chi connectivity index (χ1) is 25.6. The number of benzene rings is 8. The van der Waals surface area contributed by atoms with Crippen LogP contribution < -0.4 is 4.90 Å². The van der Waals surface area contributed by atoms with E-state index in [1.807, 2.05) is 0 Å². The van der Waals surface area contributed by atoms with E-state index in [0.717, 1.165) is 17.1 Å². The number of para-hydroxylation sites is 2. The standard InChI is InChI=1S/C51H39N/c1-51(2)47-26-14-11-24-44(47)45-34-33-40(35-48(45)51)52(49-27-15-12-22-42(49)38-19-7-4-8-20-38)50-28-16-13-25-46(50)43-23-10-9-21-41(43)39-31-29-37(30-32-39)36-17-5-3-6-18-36/h3-35H,1-2H3. The molecular weight excluding hydrogens is 627 g/mol. The van der Waals surface area contributed by atoms with E-state index in [0.29, 0.717) is 0 Å². The Morgan fingerprint density at radius 3 is 1.44 bits per heavy atom. The summed E-state index contributed by atoms with van der Waals surface area (Å²) in [5, 5.41) is 0. The SMILES string of the molecule is CC1(C)c2ccccc2-c2ccc(N(c3ccccc3-c3ccccc3)c3ccccc3-c3ccccc3-c3ccc(-c4ccccc4)cc3)cc21. The maximum Gasteiger partial charge on any atom is 0.0540 e. The van der Waals surface area contributed by atoms with Gasteiger partial charge in [-0.05, 0) is 79.9 Å². The van der Waals surface area contributed by atoms with Crippen LogP contribution in [-0.2, 0) is 5.41 Å². The molecule has 8 aromatic rings. The third-order valence-electron chi connectivity index (χ3n) is 10.7. The summed E-state index contributed by atoms with van der Waals surface area (Å²) in [6.45, 7) is 4.72. The lowest BCUT2D eigenvalue weighted by atomic mass is 9.82. The number of fused-ring (bicyclic) bond motifs is 3. The minimum absolute atomic E-state index is 0.120. The Morgan fingerprint density at radius 2 is 0.750 bits per heavy atom. The second kappa shape index (κ2) is 13.0. The highest BCUT2D eigenvalue weighted by Gasteiger charge is 2.36. The fraction of sp³-hybridized carbons (Fsp3) is 0.0588. The van der Waals surface area contributed by atoms with E-state index in [-0.39, 0.29) is 5.41 Å². The Balaban J connectivity index is 1.24. The van der Waals surface area contributed by atoms with E-state index in [2.05, 4.69) is 219 Å². The highest BCUT2D eigenvalue weighted by Crippen LogP contribution is 2.52. The van der Waals surface area contributed by atoms with Crippen LogP contribution in [0.4, 0.5) is 17.1 Å². The molecule has 1 aliphatic rings. The number of hydrogen-bond donors (Lipinski definition) is 0. The van der Waals surface area contributed by atoms with E-state index in [1.54, 1.807) is 0 Å². The Labute approximate surface area is 307 Å². The van der Waals surface area contributed by atoms with Crippen molar-refractivity contribution in [3.63, 3.8) is 0 Å². The van der Waals surface area contributed by atoms with Crippen molar-refractivity contribution in [2.45, 2.75) is 19.3 Å². The van der Waals surface area contributed by atoms with Crippen LogP contribution in [0.2, 0.25) is 0 Å². The molecule has 0 fully saturated rings. The predicted molar refractivity (Wildman–Crippen MR) is 220 cm³/mol. The van der Waals surface area contributed by atoms with Crippen LogP contribution in [0.25, 0.3) is 55.6 Å². The number of hydrogen-bond acceptors (Lipinski definition) is 1. The fourth-order valence-corrected chi connectivity index (χ4v) is 8.11. The van der Waals surface area contributed by atoms with Crippen molar-refractivity contribution in [1.29, 1.82) is 0 Å². The largest absolute Gasteiger partial charge is 0.309 e. The Bertz CT molecular complexity index is 2530. The molecule has 0 saturated carbocycles. The lowest BCUT2D eigenvalue weighted by Gasteiger charge is -2.31. The summed E-state index contributed by atoms with van der Waals surface area (Å²) in [6, 6.07) is 72.8. The first-order valence-electron chi connectivity index (χ1n) is 18.1. The van der Waals surface area contributed by atoms with Gasteiger partial charge in [0.05, 0.1) is 11.4 Å². The second-order valence-electron chi connectivity index (χ2n) is 14.1. The monoisotopic (exact) mass is 665 g/mol. The summed E-state index contributed by atoms with van der Waals surface area (Å²) in [5.41, 5.74) is 18.3. The smallest absolute Gasteiger partial charge is 0.0540 e. The van der Waals surface area contributed by atoms with Gasteiger partial charge in [0.25, 0.3) is 0 Å². The first-order valence-corrected chi connectivity index (χ1v) is 18.1. The second-order valence-corrected chi connectivity index (χ2v) is 14.1. The average molecular weight is 666 g/mol. The molecule has 1 aliphatic carbocycles. The molecule has 0 spiro atoms. The quantitative estimate of drug-likeness (QED) is 0.164. The van der Waals surface area contributed by atoms with E-state index in [4.69, 9.17) is 0 Å². The molecule has 52 heavy (non-hydrogen) atoms. The van der Waals surface area contributed by atoms with E-state index in [9.17, 15) is 0 Å². The van der Waals surface area contributed by atoms with Gasteiger partial charge in [0.15, 0.2) is 0 Å². The van der Waals surface area contributed by atoms with Crippen molar-refractivity contribution in [3.05, 3.63) is 211 Å². The van der Waals surface area contributed by atoms with Crippen molar-refractivity contribution in [3.8, 4) is 55.6 Å². The van der Waals surface area contributed by atoms with Gasteiger partial charge < -0.3 is 4.90 Å². The molecule has 0 amide bonds. The average Bonchev–Trinajstić information content (AvgIpc) is 3.44. The van der Waals surface area contributed by atoms with Gasteiger partial charge in [-0.3, -0.25) is 0 Å². The molecule has 0 N–H and O–H groups in total. The summed E-state index contributed by atoms with van der Waals surface area (Å²) < 4.78 is 0. The minimum atomic E-state index is -0.120. The Kier molecular flexibility index (Phi) is 7.90. The predicted octanol–water partition coefficient (Wildman–Crippen LogP) is 14.1. The highest BCUT2D eigenvalue weighted by molar-refractivity contribution is 5.97. The lowest BCUT2D eigenvalue weighted by molar-refractivity contribution is 0.660. The molecular formula is C51H39N. The molecule has 0 heterocycles. The van der Waals surface area contributed by atoms with E-state index < -0.39 is 0 Å². The number of rotatable bonds is 7. The van der Waals surface area contributed by atoms with Crippen LogP contribution in [-0.4, -0.2) is 0 Å². The molecule has 0 atom stereocenters. The number of anilines is 3. The lowest BCUT2D eigenvalue weighted by Crippen LogP contribution is -2.17. The highest BCUT2D eigenvalue weighted by atomic mass is 15.1. The van der Waals surface area contributed by atoms with Gasteiger partial charge in [-0.2, -0.15) is 0 Å². The molecule has 0 bridgehead atoms. The summed E-state index contributed by atoms with van der Waals surface area (Å²) in [7, 11) is 0. The van der Waals surface area contributed by atoms with Crippen LogP contribution in [0.3, 0.4) is 0 Å². The van der Waals surface area contributed by atoms with Gasteiger partial charge in [0, 0.05) is 22.2 Å². The van der Waals surface area contributed by atoms with Gasteiger partial charge >= 0.3 is 0 Å². The van der Waals surface area contributed by atoms with Crippen molar-refractivity contribution in [1.82, 2.24) is 0 Å². The molecule has 1 nitrogen and oxygen atoms in total. The third-order valence-corrected chi connectivity index (χ3v) is 10.7. The third kappa shape index (κ3) is 5.43. The summed E-state index contributed by atoms with van der Waals surface area (Å²) in [4.78, 5) is 2.48. The molecule has 248 valence electrons. The normalized spacial score (nSPS) is 12.6. The Morgan fingerprint density at radius 1 is 0.308 bits per heavy atom. The molecule has 0 aromatic heterocycles. The molecule has 0 radical (unpaired) electrons. The fourth-order valence-electron chi connectivity index (χ4n) is 8.11. The molecule has 8 aromatic carbocycles. The summed E-state index contributed by atoms with van der Waals surface area (Å²) >= 11 is 0. The van der Waals surface area contributed by atoms with Crippen molar-refractivity contribution in [2.75, 3.05) is 4.90 Å². The topological polar surface area (TPSA) is 3.24 Å².